The molecule has 3 nitrogen and oxygen atoms in total. The first-order valence-electron chi connectivity index (χ1n) is 8.71. The highest BCUT2D eigenvalue weighted by Crippen LogP contribution is 2.45. The highest BCUT2D eigenvalue weighted by atomic mass is 35.5. The molecule has 1 N–H and O–H groups in total. The van der Waals surface area contributed by atoms with Crippen LogP contribution in [0.3, 0.4) is 0 Å². The number of ether oxygens (including phenoxy) is 1. The van der Waals surface area contributed by atoms with Gasteiger partial charge in [0, 0.05) is 15.6 Å². The summed E-state index contributed by atoms with van der Waals surface area (Å²) in [6, 6.07) is 3.40. The van der Waals surface area contributed by atoms with Crippen molar-refractivity contribution in [1.29, 1.82) is 0 Å². The maximum absolute atomic E-state index is 13.2. The molecule has 0 aliphatic carbocycles. The van der Waals surface area contributed by atoms with E-state index in [1.165, 1.54) is 30.3 Å². The third-order valence-corrected chi connectivity index (χ3v) is 4.60. The van der Waals surface area contributed by atoms with E-state index in [0.717, 1.165) is 0 Å². The predicted molar refractivity (Wildman–Crippen MR) is 108 cm³/mol. The quantitative estimate of drug-likeness (QED) is 0.131. The van der Waals surface area contributed by atoms with Crippen LogP contribution in [0.5, 0.6) is 5.75 Å². The standard InChI is InChI=1S/C20H15Cl2F7N2O/c1-2-3-13-8-12(10-30-31-20(28,29)18(23,24)19(25,26)27)4-7-17(13)32-11-14-5-6-15(21)9-16(14)22/h2,4-10,31H,1,3,11H2/b30-10+. The van der Waals surface area contributed by atoms with Crippen molar-refractivity contribution >= 4 is 29.4 Å². The molecule has 174 valence electrons. The average molecular weight is 503 g/mol. The van der Waals surface area contributed by atoms with Crippen LogP contribution < -0.4 is 10.2 Å². The number of alkyl halides is 7. The van der Waals surface area contributed by atoms with Gasteiger partial charge in [-0.3, -0.25) is 0 Å². The van der Waals surface area contributed by atoms with Gasteiger partial charge in [0.25, 0.3) is 0 Å². The van der Waals surface area contributed by atoms with Crippen LogP contribution in [0, 0.1) is 0 Å². The zero-order chi connectivity index (χ0) is 24.2. The van der Waals surface area contributed by atoms with Crippen LogP contribution in [0.2, 0.25) is 10.0 Å². The third-order valence-electron chi connectivity index (χ3n) is 4.02. The summed E-state index contributed by atoms with van der Waals surface area (Å²) in [5.74, 6) is -5.93. The highest BCUT2D eigenvalue weighted by Gasteiger charge is 2.73. The zero-order valence-electron chi connectivity index (χ0n) is 16.0. The Labute approximate surface area is 188 Å². The molecule has 0 atom stereocenters. The fraction of sp³-hybridized carbons (Fsp3) is 0.250. The minimum atomic E-state index is -6.46. The summed E-state index contributed by atoms with van der Waals surface area (Å²) in [7, 11) is 0. The number of benzene rings is 2. The molecule has 2 aromatic carbocycles. The van der Waals surface area contributed by atoms with Gasteiger partial charge in [0.15, 0.2) is 0 Å². The SMILES string of the molecule is C=CCc1cc(/C=N/NC(F)(F)C(F)(F)C(F)(F)F)ccc1OCc1ccc(Cl)cc1Cl. The fourth-order valence-corrected chi connectivity index (χ4v) is 2.83. The van der Waals surface area contributed by atoms with E-state index in [4.69, 9.17) is 27.9 Å². The summed E-state index contributed by atoms with van der Waals surface area (Å²) >= 11 is 11.9. The molecule has 2 aromatic rings. The summed E-state index contributed by atoms with van der Waals surface area (Å²) in [4.78, 5) is 0. The molecule has 0 aliphatic rings. The first-order chi connectivity index (χ1) is 14.8. The second kappa shape index (κ2) is 9.99. The van der Waals surface area contributed by atoms with Crippen molar-refractivity contribution in [3.63, 3.8) is 0 Å². The van der Waals surface area contributed by atoms with E-state index in [1.807, 2.05) is 0 Å². The lowest BCUT2D eigenvalue weighted by Gasteiger charge is -2.27. The molecule has 0 saturated heterocycles. The monoisotopic (exact) mass is 502 g/mol. The third kappa shape index (κ3) is 6.07. The lowest BCUT2D eigenvalue weighted by Crippen LogP contribution is -2.58. The van der Waals surface area contributed by atoms with Crippen LogP contribution in [0.15, 0.2) is 54.2 Å². The second-order valence-electron chi connectivity index (χ2n) is 6.40. The van der Waals surface area contributed by atoms with Gasteiger partial charge in [-0.15, -0.1) is 6.58 Å². The number of allylic oxidation sites excluding steroid dienone is 1. The Kier molecular flexibility index (Phi) is 8.06. The van der Waals surface area contributed by atoms with Gasteiger partial charge >= 0.3 is 18.1 Å². The molecule has 0 spiro atoms. The van der Waals surface area contributed by atoms with E-state index in [9.17, 15) is 30.7 Å². The number of nitrogens with one attached hydrogen (secondary N) is 1. The number of nitrogens with zero attached hydrogens (tertiary/aromatic N) is 1. The summed E-state index contributed by atoms with van der Waals surface area (Å²) in [6.07, 6.45) is -3.98. The van der Waals surface area contributed by atoms with Crippen LogP contribution >= 0.6 is 23.2 Å². The van der Waals surface area contributed by atoms with Gasteiger partial charge in [-0.1, -0.05) is 35.3 Å². The van der Waals surface area contributed by atoms with Crippen LogP contribution in [0.25, 0.3) is 0 Å². The van der Waals surface area contributed by atoms with Crippen molar-refractivity contribution in [2.75, 3.05) is 0 Å². The highest BCUT2D eigenvalue weighted by molar-refractivity contribution is 6.35. The maximum atomic E-state index is 13.2. The van der Waals surface area contributed by atoms with Crippen molar-refractivity contribution in [2.45, 2.75) is 31.2 Å². The molecule has 0 aromatic heterocycles. The van der Waals surface area contributed by atoms with Crippen LogP contribution in [0.1, 0.15) is 16.7 Å². The minimum Gasteiger partial charge on any atom is -0.489 e. The van der Waals surface area contributed by atoms with Crippen molar-refractivity contribution in [3.8, 4) is 5.75 Å². The van der Waals surface area contributed by atoms with E-state index >= 15 is 0 Å². The lowest BCUT2D eigenvalue weighted by molar-refractivity contribution is -0.361. The molecule has 0 aliphatic heterocycles. The molecule has 32 heavy (non-hydrogen) atoms. The Balaban J connectivity index is 2.15. The molecule has 2 rings (SSSR count). The zero-order valence-corrected chi connectivity index (χ0v) is 17.5. The molecule has 0 fully saturated rings. The number of hydrogen-bond donors (Lipinski definition) is 1. The van der Waals surface area contributed by atoms with Gasteiger partial charge in [0.1, 0.15) is 12.4 Å². The van der Waals surface area contributed by atoms with Crippen LogP contribution in [-0.2, 0) is 13.0 Å². The van der Waals surface area contributed by atoms with Gasteiger partial charge in [0.05, 0.1) is 6.21 Å². The molecule has 0 unspecified atom stereocenters. The van der Waals surface area contributed by atoms with E-state index in [2.05, 4.69) is 11.7 Å². The lowest BCUT2D eigenvalue weighted by atomic mass is 10.1. The molecule has 0 bridgehead atoms. The molecule has 0 amide bonds. The Morgan fingerprint density at radius 1 is 0.969 bits per heavy atom. The smallest absolute Gasteiger partial charge is 0.462 e. The van der Waals surface area contributed by atoms with E-state index in [-0.39, 0.29) is 18.6 Å². The topological polar surface area (TPSA) is 33.6 Å². The van der Waals surface area contributed by atoms with Gasteiger partial charge in [-0.05, 0) is 47.9 Å². The average Bonchev–Trinajstić information content (AvgIpc) is 2.67. The fourth-order valence-electron chi connectivity index (χ4n) is 2.37. The van der Waals surface area contributed by atoms with E-state index < -0.39 is 18.1 Å². The first kappa shape index (κ1) is 25.8. The van der Waals surface area contributed by atoms with Crippen molar-refractivity contribution in [2.24, 2.45) is 5.10 Å². The normalized spacial score (nSPS) is 12.8. The molecular formula is C20H15Cl2F7N2O. The Hall–Kier alpha value is -2.46. The minimum absolute atomic E-state index is 0.0773. The Morgan fingerprint density at radius 2 is 1.66 bits per heavy atom. The van der Waals surface area contributed by atoms with Crippen LogP contribution in [0.4, 0.5) is 30.7 Å². The maximum Gasteiger partial charge on any atom is 0.462 e. The van der Waals surface area contributed by atoms with Crippen LogP contribution in [-0.4, -0.2) is 24.4 Å². The summed E-state index contributed by atoms with van der Waals surface area (Å²) in [6.45, 7) is 3.66. The summed E-state index contributed by atoms with van der Waals surface area (Å²) in [5.41, 5.74) is 1.87. The number of halogens is 9. The molecule has 0 saturated carbocycles. The van der Waals surface area contributed by atoms with Gasteiger partial charge in [-0.2, -0.15) is 35.8 Å². The van der Waals surface area contributed by atoms with Gasteiger partial charge in [-0.25, -0.2) is 5.43 Å². The molecule has 12 heteroatoms. The molecule has 0 heterocycles. The van der Waals surface area contributed by atoms with Gasteiger partial charge < -0.3 is 4.74 Å². The van der Waals surface area contributed by atoms with E-state index in [1.54, 1.807) is 12.1 Å². The van der Waals surface area contributed by atoms with E-state index in [0.29, 0.717) is 38.6 Å². The van der Waals surface area contributed by atoms with Crippen molar-refractivity contribution in [3.05, 3.63) is 75.8 Å². The first-order valence-corrected chi connectivity index (χ1v) is 9.47. The summed E-state index contributed by atoms with van der Waals surface area (Å²) < 4.78 is 94.4. The second-order valence-corrected chi connectivity index (χ2v) is 7.24. The predicted octanol–water partition coefficient (Wildman–Crippen LogP) is 7.01. The largest absolute Gasteiger partial charge is 0.489 e. The van der Waals surface area contributed by atoms with Crippen molar-refractivity contribution in [1.82, 2.24) is 5.43 Å². The summed E-state index contributed by atoms with van der Waals surface area (Å²) in [5, 5.41) is 3.67. The Bertz CT molecular complexity index is 994. The molecule has 0 radical (unpaired) electrons. The number of hydrogen-bond acceptors (Lipinski definition) is 3. The number of rotatable bonds is 9. The Morgan fingerprint density at radius 3 is 2.25 bits per heavy atom. The van der Waals surface area contributed by atoms with Crippen molar-refractivity contribution < 1.29 is 35.5 Å². The van der Waals surface area contributed by atoms with Gasteiger partial charge in [0.2, 0.25) is 0 Å². The number of hydrazone groups is 1. The molecular weight excluding hydrogens is 488 g/mol.